The molecule has 0 aromatic heterocycles. The van der Waals surface area contributed by atoms with Gasteiger partial charge < -0.3 is 19.7 Å². The maximum absolute atomic E-state index is 12.4. The molecule has 1 amide bonds. The highest BCUT2D eigenvalue weighted by molar-refractivity contribution is 7.89. The largest absolute Gasteiger partial charge is 0.378 e. The van der Waals surface area contributed by atoms with E-state index in [4.69, 9.17) is 9.47 Å². The summed E-state index contributed by atoms with van der Waals surface area (Å²) in [4.78, 5) is 14.1. The minimum Gasteiger partial charge on any atom is -0.378 e. The molecule has 10 heteroatoms. The molecule has 24 heavy (non-hydrogen) atoms. The van der Waals surface area contributed by atoms with Crippen molar-refractivity contribution in [1.82, 2.24) is 14.5 Å². The van der Waals surface area contributed by atoms with Gasteiger partial charge in [0.05, 0.1) is 31.7 Å². The number of sulfonamides is 1. The summed E-state index contributed by atoms with van der Waals surface area (Å²) in [5, 5.41) is 3.13. The number of piperazine rings is 1. The van der Waals surface area contributed by atoms with Crippen molar-refractivity contribution in [2.75, 3.05) is 58.3 Å². The molecule has 0 aromatic carbocycles. The second kappa shape index (κ2) is 9.88. The first-order chi connectivity index (χ1) is 10.9. The first-order valence-corrected chi connectivity index (χ1v) is 9.70. The summed E-state index contributed by atoms with van der Waals surface area (Å²) in [6.07, 6.45) is 0.0184. The first-order valence-electron chi connectivity index (χ1n) is 8.09. The van der Waals surface area contributed by atoms with Crippen LogP contribution in [0.25, 0.3) is 0 Å². The molecule has 1 atom stereocenters. The van der Waals surface area contributed by atoms with Gasteiger partial charge in [-0.1, -0.05) is 0 Å². The molecule has 0 saturated carbocycles. The van der Waals surface area contributed by atoms with Gasteiger partial charge in [0.15, 0.2) is 0 Å². The summed E-state index contributed by atoms with van der Waals surface area (Å²) >= 11 is 0. The molecule has 2 aliphatic heterocycles. The number of nitrogens with one attached hydrogen (secondary N) is 1. The zero-order valence-electron chi connectivity index (χ0n) is 14.3. The fourth-order valence-electron chi connectivity index (χ4n) is 2.65. The Labute approximate surface area is 150 Å². The monoisotopic (exact) mass is 385 g/mol. The van der Waals surface area contributed by atoms with Gasteiger partial charge in [-0.3, -0.25) is 4.79 Å². The molecule has 1 unspecified atom stereocenters. The van der Waals surface area contributed by atoms with E-state index in [1.54, 1.807) is 4.90 Å². The van der Waals surface area contributed by atoms with E-state index in [-0.39, 0.29) is 42.8 Å². The third kappa shape index (κ3) is 6.12. The number of hydrogen-bond acceptors (Lipinski definition) is 6. The van der Waals surface area contributed by atoms with E-state index in [1.165, 1.54) is 4.31 Å². The van der Waals surface area contributed by atoms with Crippen molar-refractivity contribution in [3.8, 4) is 0 Å². The molecule has 2 aliphatic rings. The Balaban J connectivity index is 0.00000288. The van der Waals surface area contributed by atoms with Crippen LogP contribution in [0.3, 0.4) is 0 Å². The van der Waals surface area contributed by atoms with Gasteiger partial charge in [0.25, 0.3) is 0 Å². The third-order valence-corrected chi connectivity index (χ3v) is 5.79. The van der Waals surface area contributed by atoms with E-state index in [1.807, 2.05) is 13.8 Å². The summed E-state index contributed by atoms with van der Waals surface area (Å²) in [5.74, 6) is -0.0261. The Morgan fingerprint density at radius 2 is 1.96 bits per heavy atom. The van der Waals surface area contributed by atoms with Gasteiger partial charge >= 0.3 is 0 Å². The Morgan fingerprint density at radius 1 is 1.29 bits per heavy atom. The molecule has 2 fully saturated rings. The fourth-order valence-corrected chi connectivity index (χ4v) is 3.93. The standard InChI is InChI=1S/C14H27N3O5S.ClH/c1-12(2)22-9-10-23(19,20)17-6-4-16(5-7-17)14(18)13-11-21-8-3-15-13;/h12-13,15H,3-11H2,1-2H3;1H. The average molecular weight is 386 g/mol. The molecular weight excluding hydrogens is 358 g/mol. The van der Waals surface area contributed by atoms with E-state index in [0.29, 0.717) is 45.9 Å². The van der Waals surface area contributed by atoms with Crippen LogP contribution in [-0.2, 0) is 24.3 Å². The lowest BCUT2D eigenvalue weighted by Gasteiger charge is -2.36. The SMILES string of the molecule is CC(C)OCCS(=O)(=O)N1CCN(C(=O)C2COCCN2)CC1.Cl. The number of rotatable bonds is 6. The molecule has 142 valence electrons. The van der Waals surface area contributed by atoms with Crippen molar-refractivity contribution in [3.05, 3.63) is 0 Å². The predicted octanol–water partition coefficient (Wildman–Crippen LogP) is -0.704. The highest BCUT2D eigenvalue weighted by Crippen LogP contribution is 2.10. The summed E-state index contributed by atoms with van der Waals surface area (Å²) in [6, 6.07) is -0.314. The third-order valence-electron chi connectivity index (χ3n) is 3.96. The topological polar surface area (TPSA) is 88.2 Å². The Morgan fingerprint density at radius 3 is 2.50 bits per heavy atom. The fraction of sp³-hybridized carbons (Fsp3) is 0.929. The normalized spacial score (nSPS) is 23.1. The van der Waals surface area contributed by atoms with Crippen LogP contribution in [-0.4, -0.2) is 94.0 Å². The van der Waals surface area contributed by atoms with Crippen LogP contribution in [0.1, 0.15) is 13.8 Å². The Bertz CT molecular complexity index is 489. The van der Waals surface area contributed by atoms with Crippen LogP contribution < -0.4 is 5.32 Å². The summed E-state index contributed by atoms with van der Waals surface area (Å²) in [7, 11) is -3.32. The van der Waals surface area contributed by atoms with Crippen LogP contribution in [0.15, 0.2) is 0 Å². The number of ether oxygens (including phenoxy) is 2. The van der Waals surface area contributed by atoms with E-state index in [0.717, 1.165) is 0 Å². The highest BCUT2D eigenvalue weighted by Gasteiger charge is 2.32. The zero-order valence-corrected chi connectivity index (χ0v) is 15.9. The lowest BCUT2D eigenvalue weighted by molar-refractivity contribution is -0.137. The summed E-state index contributed by atoms with van der Waals surface area (Å²) in [6.45, 7) is 7.12. The number of carbonyl (C=O) groups excluding carboxylic acids is 1. The molecule has 2 heterocycles. The molecule has 1 N–H and O–H groups in total. The van der Waals surface area contributed by atoms with Gasteiger partial charge in [-0.2, -0.15) is 4.31 Å². The van der Waals surface area contributed by atoms with Crippen LogP contribution in [0, 0.1) is 0 Å². The van der Waals surface area contributed by atoms with Gasteiger partial charge in [-0.15, -0.1) is 12.4 Å². The van der Waals surface area contributed by atoms with Gasteiger partial charge in [-0.05, 0) is 13.8 Å². The van der Waals surface area contributed by atoms with Crippen molar-refractivity contribution in [3.63, 3.8) is 0 Å². The van der Waals surface area contributed by atoms with Crippen LogP contribution in [0.2, 0.25) is 0 Å². The molecular formula is C14H28ClN3O5S. The number of halogens is 1. The van der Waals surface area contributed by atoms with Crippen LogP contribution in [0.4, 0.5) is 0 Å². The molecule has 0 radical (unpaired) electrons. The van der Waals surface area contributed by atoms with Gasteiger partial charge in [0.1, 0.15) is 6.04 Å². The molecule has 0 bridgehead atoms. The van der Waals surface area contributed by atoms with Crippen LogP contribution >= 0.6 is 12.4 Å². The first kappa shape index (κ1) is 21.6. The smallest absolute Gasteiger partial charge is 0.242 e. The quantitative estimate of drug-likeness (QED) is 0.650. The van der Waals surface area contributed by atoms with E-state index in [9.17, 15) is 13.2 Å². The Kier molecular flexibility index (Phi) is 8.89. The minimum atomic E-state index is -3.32. The second-order valence-corrected chi connectivity index (χ2v) is 8.13. The van der Waals surface area contributed by atoms with Crippen LogP contribution in [0.5, 0.6) is 0 Å². The predicted molar refractivity (Wildman–Crippen MR) is 92.9 cm³/mol. The number of morpholine rings is 1. The van der Waals surface area contributed by atoms with Gasteiger partial charge in [0.2, 0.25) is 15.9 Å². The maximum atomic E-state index is 12.4. The molecule has 8 nitrogen and oxygen atoms in total. The number of carbonyl (C=O) groups is 1. The molecule has 0 aromatic rings. The second-order valence-electron chi connectivity index (χ2n) is 6.04. The molecule has 2 rings (SSSR count). The van der Waals surface area contributed by atoms with E-state index >= 15 is 0 Å². The van der Waals surface area contributed by atoms with E-state index in [2.05, 4.69) is 5.32 Å². The van der Waals surface area contributed by atoms with Crippen molar-refractivity contribution in [2.24, 2.45) is 0 Å². The highest BCUT2D eigenvalue weighted by atomic mass is 35.5. The maximum Gasteiger partial charge on any atom is 0.242 e. The average Bonchev–Trinajstić information content (AvgIpc) is 2.54. The lowest BCUT2D eigenvalue weighted by atomic mass is 10.2. The van der Waals surface area contributed by atoms with Crippen molar-refractivity contribution in [1.29, 1.82) is 0 Å². The minimum absolute atomic E-state index is 0. The van der Waals surface area contributed by atoms with Gasteiger partial charge in [0, 0.05) is 32.7 Å². The van der Waals surface area contributed by atoms with E-state index < -0.39 is 10.0 Å². The zero-order chi connectivity index (χ0) is 16.9. The summed E-state index contributed by atoms with van der Waals surface area (Å²) < 4.78 is 36.6. The molecule has 0 spiro atoms. The number of hydrogen-bond donors (Lipinski definition) is 1. The van der Waals surface area contributed by atoms with Crippen molar-refractivity contribution >= 4 is 28.3 Å². The Hall–Kier alpha value is -0.450. The van der Waals surface area contributed by atoms with Crippen molar-refractivity contribution in [2.45, 2.75) is 26.0 Å². The lowest BCUT2D eigenvalue weighted by Crippen LogP contribution is -2.58. The van der Waals surface area contributed by atoms with Crippen molar-refractivity contribution < 1.29 is 22.7 Å². The number of nitrogens with zero attached hydrogens (tertiary/aromatic N) is 2. The molecule has 2 saturated heterocycles. The summed E-state index contributed by atoms with van der Waals surface area (Å²) in [5.41, 5.74) is 0. The molecule has 0 aliphatic carbocycles. The number of amides is 1. The van der Waals surface area contributed by atoms with Gasteiger partial charge in [-0.25, -0.2) is 8.42 Å².